The number of benzene rings is 2. The second-order valence-corrected chi connectivity index (χ2v) is 9.37. The van der Waals surface area contributed by atoms with Gasteiger partial charge in [-0.3, -0.25) is 4.79 Å². The minimum atomic E-state index is -3.80. The number of amides is 1. The highest BCUT2D eigenvalue weighted by atomic mass is 35.5. The summed E-state index contributed by atoms with van der Waals surface area (Å²) in [4.78, 5) is 12.8. The Morgan fingerprint density at radius 1 is 1.00 bits per heavy atom. The zero-order valence-corrected chi connectivity index (χ0v) is 19.1. The Hall–Kier alpha value is -2.49. The first-order chi connectivity index (χ1) is 14.8. The number of halogens is 1. The molecule has 3 rings (SSSR count). The summed E-state index contributed by atoms with van der Waals surface area (Å²) in [5.74, 6) is 0.835. The lowest BCUT2D eigenvalue weighted by Crippen LogP contribution is -2.41. The minimum absolute atomic E-state index is 0.0216. The molecule has 1 fully saturated rings. The number of hydrogen-bond donors (Lipinski definition) is 1. The molecule has 0 saturated carbocycles. The van der Waals surface area contributed by atoms with Gasteiger partial charge in [-0.1, -0.05) is 11.6 Å². The predicted octanol–water partition coefficient (Wildman–Crippen LogP) is 3.41. The van der Waals surface area contributed by atoms with Gasteiger partial charge in [0.05, 0.1) is 27.0 Å². The van der Waals surface area contributed by atoms with E-state index >= 15 is 0 Å². The zero-order valence-electron chi connectivity index (χ0n) is 17.6. The Morgan fingerprint density at radius 2 is 1.68 bits per heavy atom. The van der Waals surface area contributed by atoms with E-state index in [-0.39, 0.29) is 35.6 Å². The molecular formula is C21H25ClN2O6S. The van der Waals surface area contributed by atoms with Crippen LogP contribution in [0.3, 0.4) is 0 Å². The van der Waals surface area contributed by atoms with E-state index in [0.29, 0.717) is 35.1 Å². The third-order valence-corrected chi connectivity index (χ3v) is 7.39. The fraction of sp³-hybridized carbons (Fsp3) is 0.381. The summed E-state index contributed by atoms with van der Waals surface area (Å²) in [7, 11) is 0.675. The van der Waals surface area contributed by atoms with E-state index in [0.717, 1.165) is 0 Å². The van der Waals surface area contributed by atoms with E-state index in [1.807, 2.05) is 0 Å². The van der Waals surface area contributed by atoms with Crippen LogP contribution in [0.4, 0.5) is 5.69 Å². The van der Waals surface area contributed by atoms with Crippen LogP contribution >= 0.6 is 11.6 Å². The molecule has 1 saturated heterocycles. The Kier molecular flexibility index (Phi) is 7.30. The van der Waals surface area contributed by atoms with E-state index in [1.54, 1.807) is 31.4 Å². The van der Waals surface area contributed by atoms with Crippen LogP contribution in [0, 0.1) is 5.92 Å². The fourth-order valence-electron chi connectivity index (χ4n) is 3.49. The van der Waals surface area contributed by atoms with Gasteiger partial charge in [-0.05, 0) is 43.2 Å². The second-order valence-electron chi connectivity index (χ2n) is 7.03. The van der Waals surface area contributed by atoms with Crippen LogP contribution < -0.4 is 19.5 Å². The Balaban J connectivity index is 1.68. The largest absolute Gasteiger partial charge is 0.497 e. The number of carbonyl (C=O) groups is 1. The number of nitrogens with one attached hydrogen (secondary N) is 1. The quantitative estimate of drug-likeness (QED) is 0.669. The SMILES string of the molecule is COc1ccc(NC(=O)C2CCN(S(=O)(=O)c3cc(Cl)ccc3OC)CC2)c(OC)c1. The Morgan fingerprint density at radius 3 is 2.29 bits per heavy atom. The van der Waals surface area contributed by atoms with Gasteiger partial charge in [-0.15, -0.1) is 0 Å². The molecule has 1 N–H and O–H groups in total. The molecule has 0 spiro atoms. The van der Waals surface area contributed by atoms with Gasteiger partial charge in [0.2, 0.25) is 15.9 Å². The average Bonchev–Trinajstić information content (AvgIpc) is 2.79. The van der Waals surface area contributed by atoms with Crippen molar-refractivity contribution in [1.82, 2.24) is 4.31 Å². The lowest BCUT2D eigenvalue weighted by Gasteiger charge is -2.31. The number of hydrogen-bond acceptors (Lipinski definition) is 6. The monoisotopic (exact) mass is 468 g/mol. The van der Waals surface area contributed by atoms with Crippen molar-refractivity contribution < 1.29 is 27.4 Å². The van der Waals surface area contributed by atoms with Gasteiger partial charge in [0, 0.05) is 30.1 Å². The number of ether oxygens (including phenoxy) is 3. The highest BCUT2D eigenvalue weighted by molar-refractivity contribution is 7.89. The number of carbonyl (C=O) groups excluding carboxylic acids is 1. The van der Waals surface area contributed by atoms with Crippen LogP contribution in [0.5, 0.6) is 17.2 Å². The van der Waals surface area contributed by atoms with Gasteiger partial charge in [-0.25, -0.2) is 8.42 Å². The van der Waals surface area contributed by atoms with Gasteiger partial charge in [0.15, 0.2) is 0 Å². The molecule has 2 aromatic rings. The van der Waals surface area contributed by atoms with Gasteiger partial charge in [-0.2, -0.15) is 4.31 Å². The summed E-state index contributed by atoms with van der Waals surface area (Å²) in [5, 5.41) is 3.18. The molecule has 0 aromatic heterocycles. The Labute approximate surface area is 187 Å². The van der Waals surface area contributed by atoms with Crippen LogP contribution in [0.2, 0.25) is 5.02 Å². The molecule has 0 unspecified atom stereocenters. The fourth-order valence-corrected chi connectivity index (χ4v) is 5.37. The number of methoxy groups -OCH3 is 3. The summed E-state index contributed by atoms with van der Waals surface area (Å²) in [6, 6.07) is 9.60. The number of piperidine rings is 1. The maximum absolute atomic E-state index is 13.1. The van der Waals surface area contributed by atoms with E-state index in [9.17, 15) is 13.2 Å². The van der Waals surface area contributed by atoms with Crippen molar-refractivity contribution in [1.29, 1.82) is 0 Å². The van der Waals surface area contributed by atoms with Crippen molar-refractivity contribution in [3.63, 3.8) is 0 Å². The van der Waals surface area contributed by atoms with Crippen molar-refractivity contribution in [2.45, 2.75) is 17.7 Å². The second kappa shape index (κ2) is 9.76. The van der Waals surface area contributed by atoms with Gasteiger partial charge in [0.1, 0.15) is 22.1 Å². The first-order valence-corrected chi connectivity index (χ1v) is 11.5. The van der Waals surface area contributed by atoms with Crippen LogP contribution in [0.1, 0.15) is 12.8 Å². The van der Waals surface area contributed by atoms with E-state index in [1.165, 1.54) is 30.7 Å². The van der Waals surface area contributed by atoms with Crippen molar-refractivity contribution in [3.05, 3.63) is 41.4 Å². The van der Waals surface area contributed by atoms with Crippen LogP contribution in [0.25, 0.3) is 0 Å². The normalized spacial score (nSPS) is 15.4. The highest BCUT2D eigenvalue weighted by Crippen LogP contribution is 2.33. The van der Waals surface area contributed by atoms with E-state index in [2.05, 4.69) is 5.32 Å². The van der Waals surface area contributed by atoms with Crippen molar-refractivity contribution in [2.24, 2.45) is 5.92 Å². The molecule has 31 heavy (non-hydrogen) atoms. The third-order valence-electron chi connectivity index (χ3n) is 5.23. The lowest BCUT2D eigenvalue weighted by atomic mass is 9.97. The summed E-state index contributed by atoms with van der Waals surface area (Å²) in [6.07, 6.45) is 0.791. The molecule has 1 aliphatic rings. The molecule has 1 heterocycles. The molecule has 8 nitrogen and oxygen atoms in total. The van der Waals surface area contributed by atoms with Gasteiger partial charge in [0.25, 0.3) is 0 Å². The summed E-state index contributed by atoms with van der Waals surface area (Å²) in [6.45, 7) is 0.436. The van der Waals surface area contributed by atoms with Crippen LogP contribution in [0.15, 0.2) is 41.3 Å². The van der Waals surface area contributed by atoms with Gasteiger partial charge < -0.3 is 19.5 Å². The topological polar surface area (TPSA) is 94.2 Å². The molecule has 10 heteroatoms. The molecule has 0 radical (unpaired) electrons. The van der Waals surface area contributed by atoms with Gasteiger partial charge >= 0.3 is 0 Å². The lowest BCUT2D eigenvalue weighted by molar-refractivity contribution is -0.120. The maximum atomic E-state index is 13.1. The molecule has 0 aliphatic carbocycles. The third kappa shape index (κ3) is 5.06. The van der Waals surface area contributed by atoms with Crippen molar-refractivity contribution in [2.75, 3.05) is 39.7 Å². The number of rotatable bonds is 7. The maximum Gasteiger partial charge on any atom is 0.246 e. The van der Waals surface area contributed by atoms with Crippen LogP contribution in [-0.2, 0) is 14.8 Å². The standard InChI is InChI=1S/C21H25ClN2O6S/c1-28-16-5-6-17(19(13-16)30-3)23-21(25)14-8-10-24(11-9-14)31(26,27)20-12-15(22)4-7-18(20)29-2/h4-7,12-14H,8-11H2,1-3H3,(H,23,25). The highest BCUT2D eigenvalue weighted by Gasteiger charge is 2.34. The first kappa shape index (κ1) is 23.2. The molecule has 0 bridgehead atoms. The molecule has 0 atom stereocenters. The van der Waals surface area contributed by atoms with Crippen molar-refractivity contribution in [3.8, 4) is 17.2 Å². The number of nitrogens with zero attached hydrogens (tertiary/aromatic N) is 1. The summed E-state index contributed by atoms with van der Waals surface area (Å²) < 4.78 is 43.2. The smallest absolute Gasteiger partial charge is 0.246 e. The van der Waals surface area contributed by atoms with E-state index < -0.39 is 10.0 Å². The first-order valence-electron chi connectivity index (χ1n) is 9.66. The van der Waals surface area contributed by atoms with Crippen molar-refractivity contribution >= 4 is 33.2 Å². The molecule has 168 valence electrons. The number of sulfonamides is 1. The Bertz CT molecular complexity index is 1050. The molecule has 1 aliphatic heterocycles. The molecule has 1 amide bonds. The van der Waals surface area contributed by atoms with Crippen LogP contribution in [-0.4, -0.2) is 53.0 Å². The summed E-state index contributed by atoms with van der Waals surface area (Å²) >= 11 is 5.99. The molecular weight excluding hydrogens is 444 g/mol. The average molecular weight is 469 g/mol. The molecule has 2 aromatic carbocycles. The predicted molar refractivity (Wildman–Crippen MR) is 118 cm³/mol. The number of anilines is 1. The zero-order chi connectivity index (χ0) is 22.6. The van der Waals surface area contributed by atoms with E-state index in [4.69, 9.17) is 25.8 Å². The minimum Gasteiger partial charge on any atom is -0.497 e. The summed E-state index contributed by atoms with van der Waals surface area (Å²) in [5.41, 5.74) is 0.534.